The zero-order valence-electron chi connectivity index (χ0n) is 9.10. The Kier molecular flexibility index (Phi) is 3.36. The first-order chi connectivity index (χ1) is 7.79. The highest BCUT2D eigenvalue weighted by Crippen LogP contribution is 2.20. The van der Waals surface area contributed by atoms with E-state index in [1.54, 1.807) is 17.5 Å². The Morgan fingerprint density at radius 2 is 2.25 bits per heavy atom. The number of aryl methyl sites for hydroxylation is 2. The summed E-state index contributed by atoms with van der Waals surface area (Å²) >= 11 is 1.67. The molecule has 5 heteroatoms. The lowest BCUT2D eigenvalue weighted by molar-refractivity contribution is 0.969. The molecular weight excluding hydrogens is 220 g/mol. The van der Waals surface area contributed by atoms with E-state index < -0.39 is 0 Å². The van der Waals surface area contributed by atoms with Crippen LogP contribution in [0.15, 0.2) is 24.5 Å². The van der Waals surface area contributed by atoms with Gasteiger partial charge in [0, 0.05) is 24.3 Å². The molecule has 0 bridgehead atoms. The maximum absolute atomic E-state index is 5.78. The Bertz CT molecular complexity index is 467. The number of nitrogens with zero attached hydrogens (tertiary/aromatic N) is 2. The van der Waals surface area contributed by atoms with Gasteiger partial charge in [-0.3, -0.25) is 0 Å². The van der Waals surface area contributed by atoms with Gasteiger partial charge in [-0.2, -0.15) is 0 Å². The zero-order valence-corrected chi connectivity index (χ0v) is 9.92. The van der Waals surface area contributed by atoms with Crippen LogP contribution < -0.4 is 11.1 Å². The fraction of sp³-hybridized carbons (Fsp3) is 0.273. The number of nitrogens with one attached hydrogen (secondary N) is 1. The van der Waals surface area contributed by atoms with E-state index in [0.717, 1.165) is 23.5 Å². The fourth-order valence-corrected chi connectivity index (χ4v) is 2.22. The van der Waals surface area contributed by atoms with Gasteiger partial charge in [0.15, 0.2) is 5.13 Å². The first-order valence-corrected chi connectivity index (χ1v) is 5.93. The number of pyridine rings is 1. The average molecular weight is 234 g/mol. The highest BCUT2D eigenvalue weighted by molar-refractivity contribution is 7.15. The van der Waals surface area contributed by atoms with E-state index in [-0.39, 0.29) is 0 Å². The topological polar surface area (TPSA) is 63.8 Å². The van der Waals surface area contributed by atoms with Crippen LogP contribution in [0.4, 0.5) is 10.9 Å². The minimum Gasteiger partial charge on any atom is -0.383 e. The summed E-state index contributed by atoms with van der Waals surface area (Å²) in [5.74, 6) is 0.626. The molecule has 0 spiro atoms. The van der Waals surface area contributed by atoms with Crippen LogP contribution >= 0.6 is 11.3 Å². The van der Waals surface area contributed by atoms with Crippen molar-refractivity contribution in [1.82, 2.24) is 9.97 Å². The maximum Gasteiger partial charge on any atom is 0.182 e. The quantitative estimate of drug-likeness (QED) is 0.848. The Labute approximate surface area is 98.6 Å². The van der Waals surface area contributed by atoms with Gasteiger partial charge in [-0.15, -0.1) is 11.3 Å². The molecule has 3 N–H and O–H groups in total. The van der Waals surface area contributed by atoms with Crippen LogP contribution in [-0.4, -0.2) is 17.0 Å². The number of nitrogen functional groups attached to an aromatic ring is 1. The second-order valence-electron chi connectivity index (χ2n) is 3.43. The van der Waals surface area contributed by atoms with Crippen LogP contribution in [0, 0.1) is 0 Å². The van der Waals surface area contributed by atoms with Gasteiger partial charge in [0.1, 0.15) is 5.82 Å². The van der Waals surface area contributed by atoms with Gasteiger partial charge in [0.25, 0.3) is 0 Å². The minimum atomic E-state index is 0.626. The molecule has 2 heterocycles. The molecular formula is C11H14N4S. The number of nitrogens with two attached hydrogens (primary N) is 1. The predicted octanol–water partition coefficient (Wildman–Crippen LogP) is 1.95. The molecule has 0 radical (unpaired) electrons. The van der Waals surface area contributed by atoms with Crippen LogP contribution in [0.2, 0.25) is 0 Å². The number of hydrogen-bond donors (Lipinski definition) is 2. The molecule has 0 atom stereocenters. The average Bonchev–Trinajstić information content (AvgIpc) is 2.76. The number of anilines is 2. The number of hydrogen-bond acceptors (Lipinski definition) is 5. The summed E-state index contributed by atoms with van der Waals surface area (Å²) in [7, 11) is 1.88. The number of aromatic nitrogens is 2. The highest BCUT2D eigenvalue weighted by atomic mass is 32.1. The third kappa shape index (κ3) is 2.49. The third-order valence-electron chi connectivity index (χ3n) is 2.33. The van der Waals surface area contributed by atoms with Crippen molar-refractivity contribution in [3.63, 3.8) is 0 Å². The lowest BCUT2D eigenvalue weighted by atomic mass is 10.1. The molecule has 2 aromatic rings. The molecule has 0 unspecified atom stereocenters. The Hall–Kier alpha value is -1.62. The van der Waals surface area contributed by atoms with Crippen LogP contribution in [0.1, 0.15) is 10.4 Å². The van der Waals surface area contributed by atoms with Crippen molar-refractivity contribution in [3.05, 3.63) is 35.0 Å². The Morgan fingerprint density at radius 3 is 2.94 bits per heavy atom. The van der Waals surface area contributed by atoms with Crippen molar-refractivity contribution in [2.45, 2.75) is 12.8 Å². The summed E-state index contributed by atoms with van der Waals surface area (Å²) in [6.45, 7) is 0. The third-order valence-corrected chi connectivity index (χ3v) is 3.41. The first-order valence-electron chi connectivity index (χ1n) is 5.11. The van der Waals surface area contributed by atoms with Crippen LogP contribution in [0.5, 0.6) is 0 Å². The summed E-state index contributed by atoms with van der Waals surface area (Å²) in [4.78, 5) is 9.55. The van der Waals surface area contributed by atoms with E-state index in [0.29, 0.717) is 5.82 Å². The second-order valence-corrected chi connectivity index (χ2v) is 4.54. The largest absolute Gasteiger partial charge is 0.383 e. The summed E-state index contributed by atoms with van der Waals surface area (Å²) in [5, 5.41) is 3.98. The van der Waals surface area contributed by atoms with Crippen LogP contribution in [-0.2, 0) is 12.8 Å². The molecule has 0 amide bonds. The molecule has 0 aromatic carbocycles. The van der Waals surface area contributed by atoms with Gasteiger partial charge in [0.05, 0.1) is 0 Å². The Morgan fingerprint density at radius 1 is 1.38 bits per heavy atom. The monoisotopic (exact) mass is 234 g/mol. The van der Waals surface area contributed by atoms with E-state index in [1.165, 1.54) is 4.88 Å². The molecule has 4 nitrogen and oxygen atoms in total. The fourth-order valence-electron chi connectivity index (χ4n) is 1.46. The zero-order chi connectivity index (χ0) is 11.4. The molecule has 16 heavy (non-hydrogen) atoms. The summed E-state index contributed by atoms with van der Waals surface area (Å²) < 4.78 is 0. The van der Waals surface area contributed by atoms with Gasteiger partial charge in [-0.05, 0) is 24.5 Å². The second kappa shape index (κ2) is 4.94. The molecule has 0 fully saturated rings. The van der Waals surface area contributed by atoms with Crippen molar-refractivity contribution in [3.8, 4) is 0 Å². The number of rotatable bonds is 4. The van der Waals surface area contributed by atoms with Crippen molar-refractivity contribution in [1.29, 1.82) is 0 Å². The highest BCUT2D eigenvalue weighted by Gasteiger charge is 2.03. The number of thiazole rings is 1. The predicted molar refractivity (Wildman–Crippen MR) is 67.7 cm³/mol. The SMILES string of the molecule is CNc1ncc(CCc2cccnc2N)s1. The molecule has 0 aliphatic rings. The van der Waals surface area contributed by atoms with E-state index in [4.69, 9.17) is 5.73 Å². The molecule has 84 valence electrons. The van der Waals surface area contributed by atoms with Gasteiger partial charge >= 0.3 is 0 Å². The maximum atomic E-state index is 5.78. The van der Waals surface area contributed by atoms with Gasteiger partial charge in [-0.25, -0.2) is 9.97 Å². The molecule has 0 aliphatic heterocycles. The molecule has 0 saturated carbocycles. The van der Waals surface area contributed by atoms with E-state index >= 15 is 0 Å². The van der Waals surface area contributed by atoms with Crippen molar-refractivity contribution < 1.29 is 0 Å². The Balaban J connectivity index is 1.99. The summed E-state index contributed by atoms with van der Waals surface area (Å²) in [5.41, 5.74) is 6.88. The van der Waals surface area contributed by atoms with Crippen LogP contribution in [0.3, 0.4) is 0 Å². The molecule has 2 rings (SSSR count). The van der Waals surface area contributed by atoms with Crippen molar-refractivity contribution >= 4 is 22.3 Å². The summed E-state index contributed by atoms with van der Waals surface area (Å²) in [6.07, 6.45) is 5.48. The van der Waals surface area contributed by atoms with E-state index in [1.807, 2.05) is 25.4 Å². The first kappa shape index (κ1) is 10.9. The lowest BCUT2D eigenvalue weighted by Gasteiger charge is -2.02. The molecule has 0 aliphatic carbocycles. The van der Waals surface area contributed by atoms with Crippen molar-refractivity contribution in [2.24, 2.45) is 0 Å². The smallest absolute Gasteiger partial charge is 0.182 e. The minimum absolute atomic E-state index is 0.626. The molecule has 0 saturated heterocycles. The normalized spacial score (nSPS) is 10.3. The van der Waals surface area contributed by atoms with E-state index in [2.05, 4.69) is 15.3 Å². The van der Waals surface area contributed by atoms with Gasteiger partial charge < -0.3 is 11.1 Å². The van der Waals surface area contributed by atoms with Crippen molar-refractivity contribution in [2.75, 3.05) is 18.1 Å². The molecule has 2 aromatic heterocycles. The summed E-state index contributed by atoms with van der Waals surface area (Å²) in [6, 6.07) is 3.93. The standard InChI is InChI=1S/C11H14N4S/c1-13-11-15-7-9(16-11)5-4-8-3-2-6-14-10(8)12/h2-3,6-7H,4-5H2,1H3,(H2,12,14)(H,13,15). The lowest BCUT2D eigenvalue weighted by Crippen LogP contribution is -1.98. The van der Waals surface area contributed by atoms with E-state index in [9.17, 15) is 0 Å². The van der Waals surface area contributed by atoms with Gasteiger partial charge in [0.2, 0.25) is 0 Å². The van der Waals surface area contributed by atoms with Crippen LogP contribution in [0.25, 0.3) is 0 Å². The van der Waals surface area contributed by atoms with Gasteiger partial charge in [-0.1, -0.05) is 6.07 Å².